The zero-order valence-corrected chi connectivity index (χ0v) is 34.1. The fourth-order valence-electron chi connectivity index (χ4n) is 13.0. The summed E-state index contributed by atoms with van der Waals surface area (Å²) in [5.41, 5.74) is 1.26. The van der Waals surface area contributed by atoms with E-state index in [1.165, 1.54) is 24.6 Å². The summed E-state index contributed by atoms with van der Waals surface area (Å²) in [6, 6.07) is 6.44. The van der Waals surface area contributed by atoms with Crippen molar-refractivity contribution in [2.45, 2.75) is 159 Å². The number of benzene rings is 1. The molecule has 0 unspecified atom stereocenters. The number of allylic oxidation sites excluding steroid dienone is 2. The van der Waals surface area contributed by atoms with E-state index in [4.69, 9.17) is 4.74 Å². The highest BCUT2D eigenvalue weighted by atomic mass is 19.1. The van der Waals surface area contributed by atoms with Crippen LogP contribution in [0.25, 0.3) is 0 Å². The molecule has 288 valence electrons. The second-order valence-corrected chi connectivity index (χ2v) is 20.9. The van der Waals surface area contributed by atoms with Crippen molar-refractivity contribution in [1.82, 2.24) is 10.2 Å². The predicted molar refractivity (Wildman–Crippen MR) is 204 cm³/mol. The number of ether oxygens (including phenoxy) is 1. The average Bonchev–Trinajstić information content (AvgIpc) is 3.01. The third-order valence-electron chi connectivity index (χ3n) is 15.7. The summed E-state index contributed by atoms with van der Waals surface area (Å²) < 4.78 is 20.4. The van der Waals surface area contributed by atoms with Gasteiger partial charge in [-0.2, -0.15) is 0 Å². The summed E-state index contributed by atoms with van der Waals surface area (Å²) in [5.74, 6) is 0.388. The van der Waals surface area contributed by atoms with Crippen molar-refractivity contribution < 1.29 is 23.5 Å². The Kier molecular flexibility index (Phi) is 9.72. The Balaban J connectivity index is 1.38. The molecule has 1 aromatic rings. The first-order valence-electron chi connectivity index (χ1n) is 20.2. The number of rotatable bonds is 6. The van der Waals surface area contributed by atoms with E-state index in [-0.39, 0.29) is 75.8 Å². The Bertz CT molecular complexity index is 1620. The van der Waals surface area contributed by atoms with Crippen LogP contribution in [0.2, 0.25) is 0 Å². The molecule has 8 atom stereocenters. The van der Waals surface area contributed by atoms with Crippen LogP contribution >= 0.6 is 0 Å². The molecule has 6 nitrogen and oxygen atoms in total. The first-order chi connectivity index (χ1) is 24.0. The molecule has 0 heterocycles. The molecule has 6 rings (SSSR count). The molecule has 0 bridgehead atoms. The third-order valence-corrected chi connectivity index (χ3v) is 15.7. The van der Waals surface area contributed by atoms with E-state index in [1.54, 1.807) is 11.0 Å². The van der Waals surface area contributed by atoms with Gasteiger partial charge in [0.2, 0.25) is 11.8 Å². The van der Waals surface area contributed by atoms with E-state index >= 15 is 4.79 Å². The maximum Gasteiger partial charge on any atom is 0.302 e. The first-order valence-corrected chi connectivity index (χ1v) is 20.2. The number of nitrogens with one attached hydrogen (secondary N) is 1. The largest absolute Gasteiger partial charge is 0.462 e. The van der Waals surface area contributed by atoms with Crippen LogP contribution in [0.5, 0.6) is 0 Å². The number of fused-ring (bicyclic) bond motifs is 7. The number of halogens is 1. The second kappa shape index (κ2) is 13.0. The van der Waals surface area contributed by atoms with Gasteiger partial charge in [-0.3, -0.25) is 14.4 Å². The number of nitrogens with zero attached hydrogens (tertiary/aromatic N) is 1. The molecule has 4 fully saturated rings. The van der Waals surface area contributed by atoms with Gasteiger partial charge >= 0.3 is 5.97 Å². The SMILES string of the molecule is CC(=O)O[C@H]1CC[C@]2(C)[C@H]3CC=C4[C@@H]5CC(C)(C)CC[C@]5(C(=O)N(CC(=O)NC(C)(C)C)Cc5cccc(F)c5)CC[C@@]4(C)[C@]3(C)CC[C@H]2C1(C)C. The molecule has 5 aliphatic rings. The van der Waals surface area contributed by atoms with Gasteiger partial charge in [-0.05, 0) is 142 Å². The molecule has 0 aromatic heterocycles. The number of esters is 1. The third kappa shape index (κ3) is 6.46. The molecule has 0 saturated heterocycles. The summed E-state index contributed by atoms with van der Waals surface area (Å²) in [5, 5.41) is 3.08. The van der Waals surface area contributed by atoms with Gasteiger partial charge in [-0.15, -0.1) is 0 Å². The predicted octanol–water partition coefficient (Wildman–Crippen LogP) is 9.80. The van der Waals surface area contributed by atoms with Crippen molar-refractivity contribution in [3.8, 4) is 0 Å². The monoisotopic (exact) mass is 719 g/mol. The quantitative estimate of drug-likeness (QED) is 0.235. The maximum atomic E-state index is 15.4. The molecule has 52 heavy (non-hydrogen) atoms. The van der Waals surface area contributed by atoms with Crippen molar-refractivity contribution in [1.29, 1.82) is 0 Å². The molecule has 1 aromatic carbocycles. The van der Waals surface area contributed by atoms with E-state index in [0.29, 0.717) is 17.4 Å². The highest BCUT2D eigenvalue weighted by Gasteiger charge is 2.69. The molecular weight excluding hydrogens is 652 g/mol. The van der Waals surface area contributed by atoms with Crippen LogP contribution in [-0.2, 0) is 25.7 Å². The van der Waals surface area contributed by atoms with E-state index in [1.807, 2.05) is 26.8 Å². The van der Waals surface area contributed by atoms with Gasteiger partial charge in [0.1, 0.15) is 11.9 Å². The molecule has 2 amide bonds. The first kappa shape index (κ1) is 39.0. The molecular formula is C45H67FN2O4. The highest BCUT2D eigenvalue weighted by molar-refractivity contribution is 5.89. The standard InChI is InChI=1S/C45H67FN2O4/c1-29(49)52-36-18-19-42(9)34(41(36,7)8)17-20-44(11)35(42)16-15-32-33-26-40(5,6)21-23-45(33,24-22-43(32,44)10)38(51)48(28-37(50)47-39(2,3)4)27-30-13-12-14-31(46)25-30/h12-15,25,33-36H,16-24,26-28H2,1-11H3,(H,47,50)/t33-,34-,35+,36-,42-,43+,44+,45-/m0/s1. The normalized spacial score (nSPS) is 37.6. The summed E-state index contributed by atoms with van der Waals surface area (Å²) in [7, 11) is 0. The lowest BCUT2D eigenvalue weighted by molar-refractivity contribution is -0.212. The minimum absolute atomic E-state index is 0.0511. The second-order valence-electron chi connectivity index (χ2n) is 20.9. The van der Waals surface area contributed by atoms with Crippen molar-refractivity contribution in [2.24, 2.45) is 50.2 Å². The minimum atomic E-state index is -0.607. The van der Waals surface area contributed by atoms with E-state index in [2.05, 4.69) is 59.9 Å². The fourth-order valence-corrected chi connectivity index (χ4v) is 13.0. The Labute approximate surface area is 313 Å². The lowest BCUT2D eigenvalue weighted by Gasteiger charge is -2.71. The van der Waals surface area contributed by atoms with Crippen molar-refractivity contribution in [3.05, 3.63) is 47.3 Å². The number of hydrogen-bond acceptors (Lipinski definition) is 4. The van der Waals surface area contributed by atoms with Gasteiger partial charge in [0, 0.05) is 24.4 Å². The Hall–Kier alpha value is -2.70. The molecule has 5 aliphatic carbocycles. The smallest absolute Gasteiger partial charge is 0.302 e. The molecule has 0 radical (unpaired) electrons. The minimum Gasteiger partial charge on any atom is -0.462 e. The molecule has 7 heteroatoms. The topological polar surface area (TPSA) is 75.7 Å². The van der Waals surface area contributed by atoms with E-state index in [9.17, 15) is 14.0 Å². The summed E-state index contributed by atoms with van der Waals surface area (Å²) in [4.78, 5) is 42.8. The van der Waals surface area contributed by atoms with Crippen LogP contribution in [0, 0.1) is 56.1 Å². The van der Waals surface area contributed by atoms with Crippen LogP contribution in [0.4, 0.5) is 4.39 Å². The van der Waals surface area contributed by atoms with Crippen molar-refractivity contribution in [2.75, 3.05) is 6.54 Å². The van der Waals surface area contributed by atoms with Crippen LogP contribution in [-0.4, -0.2) is 40.9 Å². The fraction of sp³-hybridized carbons (Fsp3) is 0.756. The Morgan fingerprint density at radius 3 is 2.27 bits per heavy atom. The summed E-state index contributed by atoms with van der Waals surface area (Å²) >= 11 is 0. The average molecular weight is 719 g/mol. The highest BCUT2D eigenvalue weighted by Crippen LogP contribution is 2.76. The van der Waals surface area contributed by atoms with Gasteiger partial charge in [-0.1, -0.05) is 72.2 Å². The maximum absolute atomic E-state index is 15.4. The van der Waals surface area contributed by atoms with Crippen LogP contribution < -0.4 is 5.32 Å². The van der Waals surface area contributed by atoms with Crippen LogP contribution in [0.1, 0.15) is 146 Å². The van der Waals surface area contributed by atoms with E-state index < -0.39 is 11.0 Å². The molecule has 4 saturated carbocycles. The van der Waals surface area contributed by atoms with Gasteiger partial charge in [0.15, 0.2) is 0 Å². The zero-order chi connectivity index (χ0) is 38.3. The van der Waals surface area contributed by atoms with Gasteiger partial charge < -0.3 is 15.0 Å². The lowest BCUT2D eigenvalue weighted by Crippen LogP contribution is -2.66. The molecule has 1 N–H and O–H groups in total. The Morgan fingerprint density at radius 1 is 0.923 bits per heavy atom. The summed E-state index contributed by atoms with van der Waals surface area (Å²) in [6.45, 7) is 24.6. The van der Waals surface area contributed by atoms with Crippen LogP contribution in [0.3, 0.4) is 0 Å². The number of carbonyl (C=O) groups is 3. The van der Waals surface area contributed by atoms with Gasteiger partial charge in [0.25, 0.3) is 0 Å². The number of hydrogen-bond donors (Lipinski definition) is 1. The molecule has 0 spiro atoms. The van der Waals surface area contributed by atoms with Crippen molar-refractivity contribution in [3.63, 3.8) is 0 Å². The molecule has 0 aliphatic heterocycles. The lowest BCUT2D eigenvalue weighted by atomic mass is 9.33. The van der Waals surface area contributed by atoms with Crippen molar-refractivity contribution >= 4 is 17.8 Å². The number of carbonyl (C=O) groups excluding carboxylic acids is 3. The summed E-state index contributed by atoms with van der Waals surface area (Å²) in [6.07, 6.45) is 12.2. The van der Waals surface area contributed by atoms with E-state index in [0.717, 1.165) is 64.2 Å². The zero-order valence-electron chi connectivity index (χ0n) is 34.1. The van der Waals surface area contributed by atoms with Crippen LogP contribution in [0.15, 0.2) is 35.9 Å². The Morgan fingerprint density at radius 2 is 1.62 bits per heavy atom. The number of amides is 2. The van der Waals surface area contributed by atoms with Gasteiger partial charge in [0.05, 0.1) is 12.0 Å². The van der Waals surface area contributed by atoms with Gasteiger partial charge in [-0.25, -0.2) is 4.39 Å².